The highest BCUT2D eigenvalue weighted by Gasteiger charge is 2.53. The smallest absolute Gasteiger partial charge is 0.157 e. The van der Waals surface area contributed by atoms with Crippen LogP contribution in [0.4, 0.5) is 0 Å². The number of ether oxygens (including phenoxy) is 1. The van der Waals surface area contributed by atoms with Gasteiger partial charge in [0, 0.05) is 22.9 Å². The van der Waals surface area contributed by atoms with Gasteiger partial charge in [-0.1, -0.05) is 48.7 Å². The fourth-order valence-electron chi connectivity index (χ4n) is 3.30. The summed E-state index contributed by atoms with van der Waals surface area (Å²) in [6.07, 6.45) is 3.21. The van der Waals surface area contributed by atoms with Gasteiger partial charge in [-0.25, -0.2) is 0 Å². The highest BCUT2D eigenvalue weighted by Crippen LogP contribution is 2.50. The van der Waals surface area contributed by atoms with E-state index in [1.807, 2.05) is 7.05 Å². The molecule has 1 aliphatic rings. The van der Waals surface area contributed by atoms with Crippen molar-refractivity contribution in [3.63, 3.8) is 0 Å². The summed E-state index contributed by atoms with van der Waals surface area (Å²) in [6, 6.07) is 3.81. The van der Waals surface area contributed by atoms with E-state index in [1.165, 1.54) is 0 Å². The van der Waals surface area contributed by atoms with Gasteiger partial charge in [0.05, 0.1) is 10.0 Å². The molecular formula is C15H20Cl3NO. The number of halogens is 3. The van der Waals surface area contributed by atoms with Crippen molar-refractivity contribution in [2.75, 3.05) is 7.05 Å². The van der Waals surface area contributed by atoms with Crippen LogP contribution >= 0.6 is 34.8 Å². The van der Waals surface area contributed by atoms with Crippen LogP contribution in [0, 0.1) is 5.41 Å². The Balaban J connectivity index is 2.23. The van der Waals surface area contributed by atoms with Crippen LogP contribution in [0.2, 0.25) is 15.1 Å². The van der Waals surface area contributed by atoms with Gasteiger partial charge in [-0.15, -0.1) is 0 Å². The third kappa shape index (κ3) is 2.64. The van der Waals surface area contributed by atoms with Crippen LogP contribution in [0.25, 0.3) is 0 Å². The van der Waals surface area contributed by atoms with Gasteiger partial charge in [-0.3, -0.25) is 0 Å². The Kier molecular flexibility index (Phi) is 5.12. The molecule has 1 aromatic carbocycles. The quantitative estimate of drug-likeness (QED) is 0.798. The molecule has 2 rings (SSSR count). The van der Waals surface area contributed by atoms with Crippen LogP contribution < -0.4 is 10.1 Å². The maximum Gasteiger partial charge on any atom is 0.157 e. The minimum absolute atomic E-state index is 0.131. The molecule has 20 heavy (non-hydrogen) atoms. The predicted molar refractivity (Wildman–Crippen MR) is 86.4 cm³/mol. The average Bonchev–Trinajstić information content (AvgIpc) is 2.37. The molecule has 0 aromatic heterocycles. The van der Waals surface area contributed by atoms with Crippen molar-refractivity contribution in [2.45, 2.75) is 45.3 Å². The van der Waals surface area contributed by atoms with E-state index in [1.54, 1.807) is 12.1 Å². The molecule has 0 spiro atoms. The van der Waals surface area contributed by atoms with Crippen LogP contribution in [0.3, 0.4) is 0 Å². The summed E-state index contributed by atoms with van der Waals surface area (Å²) >= 11 is 18.3. The van der Waals surface area contributed by atoms with E-state index in [0.717, 1.165) is 19.3 Å². The van der Waals surface area contributed by atoms with E-state index >= 15 is 0 Å². The second kappa shape index (κ2) is 6.31. The number of benzene rings is 1. The molecule has 0 aliphatic heterocycles. The predicted octanol–water partition coefficient (Wildman–Crippen LogP) is 5.19. The van der Waals surface area contributed by atoms with Gasteiger partial charge in [0.2, 0.25) is 0 Å². The van der Waals surface area contributed by atoms with E-state index in [4.69, 9.17) is 39.5 Å². The Hall–Kier alpha value is -0.150. The van der Waals surface area contributed by atoms with Gasteiger partial charge >= 0.3 is 0 Å². The highest BCUT2D eigenvalue weighted by atomic mass is 35.5. The van der Waals surface area contributed by atoms with Gasteiger partial charge in [0.25, 0.3) is 0 Å². The van der Waals surface area contributed by atoms with Crippen LogP contribution in [-0.4, -0.2) is 19.2 Å². The van der Waals surface area contributed by atoms with Gasteiger partial charge in [0.15, 0.2) is 5.75 Å². The second-order valence-corrected chi connectivity index (χ2v) is 6.57. The summed E-state index contributed by atoms with van der Waals surface area (Å²) in [7, 11) is 2.00. The average molecular weight is 337 g/mol. The largest absolute Gasteiger partial charge is 0.487 e. The van der Waals surface area contributed by atoms with Crippen molar-refractivity contribution in [1.82, 2.24) is 5.32 Å². The van der Waals surface area contributed by atoms with Crippen molar-refractivity contribution in [2.24, 2.45) is 5.41 Å². The summed E-state index contributed by atoms with van der Waals surface area (Å²) in [5.74, 6) is 0.545. The summed E-state index contributed by atoms with van der Waals surface area (Å²) in [6.45, 7) is 4.41. The molecule has 0 heterocycles. The molecule has 112 valence electrons. The monoisotopic (exact) mass is 335 g/mol. The topological polar surface area (TPSA) is 21.3 Å². The first kappa shape index (κ1) is 16.2. The molecular weight excluding hydrogens is 317 g/mol. The Bertz CT molecular complexity index is 465. The number of hydrogen-bond acceptors (Lipinski definition) is 2. The van der Waals surface area contributed by atoms with Crippen molar-refractivity contribution < 1.29 is 4.74 Å². The maximum absolute atomic E-state index is 6.20. The Morgan fingerprint density at radius 2 is 1.75 bits per heavy atom. The minimum Gasteiger partial charge on any atom is -0.487 e. The van der Waals surface area contributed by atoms with E-state index in [0.29, 0.717) is 26.9 Å². The molecule has 1 aromatic rings. The molecule has 2 nitrogen and oxygen atoms in total. The van der Waals surface area contributed by atoms with Gasteiger partial charge in [0.1, 0.15) is 6.10 Å². The summed E-state index contributed by atoms with van der Waals surface area (Å²) in [5.41, 5.74) is 0.140. The molecule has 0 saturated heterocycles. The number of rotatable bonds is 5. The van der Waals surface area contributed by atoms with E-state index in [2.05, 4.69) is 19.2 Å². The molecule has 0 radical (unpaired) electrons. The lowest BCUT2D eigenvalue weighted by atomic mass is 9.58. The third-order valence-corrected chi connectivity index (χ3v) is 5.45. The first-order valence-corrected chi connectivity index (χ1v) is 8.10. The molecule has 2 atom stereocenters. The molecule has 0 amide bonds. The fourth-order valence-corrected chi connectivity index (χ4v) is 4.21. The van der Waals surface area contributed by atoms with Crippen molar-refractivity contribution in [3.05, 3.63) is 27.2 Å². The first-order valence-electron chi connectivity index (χ1n) is 6.97. The number of hydrogen-bond donors (Lipinski definition) is 1. The van der Waals surface area contributed by atoms with Crippen molar-refractivity contribution in [3.8, 4) is 5.75 Å². The molecule has 5 heteroatoms. The van der Waals surface area contributed by atoms with Crippen molar-refractivity contribution >= 4 is 34.8 Å². The maximum atomic E-state index is 6.20. The van der Waals surface area contributed by atoms with Crippen LogP contribution in [0.5, 0.6) is 5.75 Å². The fraction of sp³-hybridized carbons (Fsp3) is 0.600. The summed E-state index contributed by atoms with van der Waals surface area (Å²) in [4.78, 5) is 0. The molecule has 1 N–H and O–H groups in total. The van der Waals surface area contributed by atoms with Crippen molar-refractivity contribution in [1.29, 1.82) is 0 Å². The minimum atomic E-state index is 0.131. The van der Waals surface area contributed by atoms with E-state index in [-0.39, 0.29) is 11.5 Å². The zero-order valence-corrected chi connectivity index (χ0v) is 14.2. The zero-order valence-electron chi connectivity index (χ0n) is 12.0. The molecule has 0 bridgehead atoms. The lowest BCUT2D eigenvalue weighted by molar-refractivity contribution is -0.0834. The first-order chi connectivity index (χ1) is 9.48. The molecule has 1 fully saturated rings. The Morgan fingerprint density at radius 1 is 1.20 bits per heavy atom. The third-order valence-electron chi connectivity index (χ3n) is 4.67. The normalized spacial score (nSPS) is 24.3. The lowest BCUT2D eigenvalue weighted by Gasteiger charge is -2.55. The van der Waals surface area contributed by atoms with Crippen LogP contribution in [-0.2, 0) is 0 Å². The SMILES string of the molecule is CCC1(CC)C(NC)CC1Oc1c(Cl)cc(Cl)cc1Cl. The summed E-state index contributed by atoms with van der Waals surface area (Å²) in [5, 5.41) is 4.84. The van der Waals surface area contributed by atoms with Gasteiger partial charge in [-0.2, -0.15) is 0 Å². The van der Waals surface area contributed by atoms with Crippen LogP contribution in [0.15, 0.2) is 12.1 Å². The second-order valence-electron chi connectivity index (χ2n) is 5.32. The molecule has 2 unspecified atom stereocenters. The zero-order chi connectivity index (χ0) is 14.9. The standard InChI is InChI=1S/C15H20Cl3NO/c1-4-15(5-2)12(19-3)8-13(15)20-14-10(17)6-9(16)7-11(14)18/h6-7,12-13,19H,4-5,8H2,1-3H3. The lowest BCUT2D eigenvalue weighted by Crippen LogP contribution is -2.63. The van der Waals surface area contributed by atoms with Gasteiger partial charge < -0.3 is 10.1 Å². The number of nitrogens with one attached hydrogen (secondary N) is 1. The van der Waals surface area contributed by atoms with Crippen LogP contribution in [0.1, 0.15) is 33.1 Å². The molecule has 1 saturated carbocycles. The Labute approximate surface area is 135 Å². The molecule has 1 aliphatic carbocycles. The Morgan fingerprint density at radius 3 is 2.20 bits per heavy atom. The van der Waals surface area contributed by atoms with Gasteiger partial charge in [-0.05, 0) is 32.0 Å². The van der Waals surface area contributed by atoms with E-state index < -0.39 is 0 Å². The highest BCUT2D eigenvalue weighted by molar-refractivity contribution is 6.40. The van der Waals surface area contributed by atoms with E-state index in [9.17, 15) is 0 Å². The summed E-state index contributed by atoms with van der Waals surface area (Å²) < 4.78 is 6.13.